The van der Waals surface area contributed by atoms with Gasteiger partial charge in [-0.05, 0) is 18.2 Å². The van der Waals surface area contributed by atoms with Crippen molar-refractivity contribution in [3.05, 3.63) is 40.8 Å². The first-order valence-corrected chi connectivity index (χ1v) is 6.44. The Morgan fingerprint density at radius 3 is 2.27 bits per heavy atom. The Morgan fingerprint density at radius 1 is 0.818 bits per heavy atom. The van der Waals surface area contributed by atoms with Crippen LogP contribution in [0.15, 0.2) is 39.7 Å². The van der Waals surface area contributed by atoms with Crippen LogP contribution in [0.2, 0.25) is 0 Å². The van der Waals surface area contributed by atoms with E-state index in [9.17, 15) is 4.79 Å². The highest BCUT2D eigenvalue weighted by Gasteiger charge is 2.16. The van der Waals surface area contributed by atoms with Crippen LogP contribution in [-0.4, -0.2) is 0 Å². The summed E-state index contributed by atoms with van der Waals surface area (Å²) in [4.78, 5) is 12.7. The number of nitrogen functional groups attached to an aromatic ring is 5. The van der Waals surface area contributed by atoms with Gasteiger partial charge in [-0.3, -0.25) is 4.79 Å². The van der Waals surface area contributed by atoms with Crippen molar-refractivity contribution in [3.8, 4) is 11.1 Å². The van der Waals surface area contributed by atoms with Crippen molar-refractivity contribution >= 4 is 39.4 Å². The van der Waals surface area contributed by atoms with Gasteiger partial charge in [-0.15, -0.1) is 0 Å². The molecule has 112 valence electrons. The van der Waals surface area contributed by atoms with Gasteiger partial charge in [-0.1, -0.05) is 0 Å². The molecule has 10 N–H and O–H groups in total. The van der Waals surface area contributed by atoms with Gasteiger partial charge in [0, 0.05) is 23.0 Å². The van der Waals surface area contributed by atoms with E-state index in [0.717, 1.165) is 0 Å². The molecule has 2 aromatic carbocycles. The van der Waals surface area contributed by atoms with Gasteiger partial charge in [-0.2, -0.15) is 0 Å². The van der Waals surface area contributed by atoms with E-state index in [1.165, 1.54) is 18.4 Å². The molecule has 0 atom stereocenters. The number of nitrogens with two attached hydrogens (primary N) is 5. The second kappa shape index (κ2) is 4.59. The maximum atomic E-state index is 12.7. The SMILES string of the molecule is Nc1cc(N)c2c(=O)c(-c3ccc(N)c(N)c3N)coc2c1. The zero-order chi connectivity index (χ0) is 16.0. The van der Waals surface area contributed by atoms with E-state index in [4.69, 9.17) is 33.1 Å². The fraction of sp³-hybridized carbons (Fsp3) is 0. The Morgan fingerprint density at radius 2 is 1.55 bits per heavy atom. The summed E-state index contributed by atoms with van der Waals surface area (Å²) in [6.45, 7) is 0. The summed E-state index contributed by atoms with van der Waals surface area (Å²) < 4.78 is 5.48. The molecule has 0 unspecified atom stereocenters. The van der Waals surface area contributed by atoms with E-state index in [1.54, 1.807) is 12.1 Å². The summed E-state index contributed by atoms with van der Waals surface area (Å²) in [5.41, 5.74) is 31.2. The maximum absolute atomic E-state index is 12.7. The minimum absolute atomic E-state index is 0.223. The molecule has 0 aliphatic carbocycles. The van der Waals surface area contributed by atoms with Crippen molar-refractivity contribution < 1.29 is 4.42 Å². The molecule has 22 heavy (non-hydrogen) atoms. The Hall–Kier alpha value is -3.35. The Balaban J connectivity index is 2.37. The fourth-order valence-corrected chi connectivity index (χ4v) is 2.38. The molecule has 0 fully saturated rings. The molecule has 1 aromatic heterocycles. The minimum Gasteiger partial charge on any atom is -0.463 e. The van der Waals surface area contributed by atoms with E-state index in [0.29, 0.717) is 22.5 Å². The van der Waals surface area contributed by atoms with Gasteiger partial charge < -0.3 is 33.1 Å². The monoisotopic (exact) mass is 297 g/mol. The van der Waals surface area contributed by atoms with Crippen LogP contribution in [0, 0.1) is 0 Å². The molecule has 0 aliphatic heterocycles. The van der Waals surface area contributed by atoms with E-state index in [2.05, 4.69) is 0 Å². The van der Waals surface area contributed by atoms with Crippen molar-refractivity contribution in [2.45, 2.75) is 0 Å². The Kier molecular flexibility index (Phi) is 2.84. The van der Waals surface area contributed by atoms with Gasteiger partial charge in [0.25, 0.3) is 0 Å². The molecule has 0 spiro atoms. The van der Waals surface area contributed by atoms with E-state index in [-0.39, 0.29) is 33.4 Å². The third-order valence-corrected chi connectivity index (χ3v) is 3.54. The Labute approximate surface area is 125 Å². The first-order chi connectivity index (χ1) is 10.4. The van der Waals surface area contributed by atoms with E-state index in [1.807, 2.05) is 0 Å². The highest BCUT2D eigenvalue weighted by Crippen LogP contribution is 2.34. The third kappa shape index (κ3) is 1.87. The van der Waals surface area contributed by atoms with Crippen LogP contribution in [0.4, 0.5) is 28.4 Å². The first-order valence-electron chi connectivity index (χ1n) is 6.44. The average molecular weight is 297 g/mol. The van der Waals surface area contributed by atoms with E-state index >= 15 is 0 Å². The van der Waals surface area contributed by atoms with Crippen LogP contribution in [0.25, 0.3) is 22.1 Å². The van der Waals surface area contributed by atoms with Crippen LogP contribution in [0.3, 0.4) is 0 Å². The van der Waals surface area contributed by atoms with Gasteiger partial charge in [-0.25, -0.2) is 0 Å². The van der Waals surface area contributed by atoms with Gasteiger partial charge in [0.1, 0.15) is 11.8 Å². The van der Waals surface area contributed by atoms with Gasteiger partial charge >= 0.3 is 0 Å². The molecular weight excluding hydrogens is 282 g/mol. The minimum atomic E-state index is -0.311. The molecule has 0 aliphatic rings. The van der Waals surface area contributed by atoms with Crippen LogP contribution in [0.1, 0.15) is 0 Å². The summed E-state index contributed by atoms with van der Waals surface area (Å²) in [6, 6.07) is 6.24. The number of hydrogen-bond donors (Lipinski definition) is 5. The first kappa shape index (κ1) is 13.6. The lowest BCUT2D eigenvalue weighted by Crippen LogP contribution is -2.10. The van der Waals surface area contributed by atoms with Crippen LogP contribution < -0.4 is 34.1 Å². The van der Waals surface area contributed by atoms with Gasteiger partial charge in [0.15, 0.2) is 0 Å². The lowest BCUT2D eigenvalue weighted by atomic mass is 10.0. The molecule has 0 amide bonds. The van der Waals surface area contributed by atoms with E-state index < -0.39 is 0 Å². The molecule has 0 saturated carbocycles. The lowest BCUT2D eigenvalue weighted by molar-refractivity contribution is 0.605. The number of benzene rings is 2. The molecule has 0 bridgehead atoms. The molecule has 1 heterocycles. The predicted molar refractivity (Wildman–Crippen MR) is 90.0 cm³/mol. The van der Waals surface area contributed by atoms with Crippen molar-refractivity contribution in [3.63, 3.8) is 0 Å². The Bertz CT molecular complexity index is 962. The largest absolute Gasteiger partial charge is 0.463 e. The lowest BCUT2D eigenvalue weighted by Gasteiger charge is -2.11. The number of fused-ring (bicyclic) bond motifs is 1. The topological polar surface area (TPSA) is 160 Å². The predicted octanol–water partition coefficient (Wildman–Crippen LogP) is 1.37. The third-order valence-electron chi connectivity index (χ3n) is 3.54. The normalized spacial score (nSPS) is 10.9. The number of anilines is 5. The van der Waals surface area contributed by atoms with Crippen LogP contribution in [0.5, 0.6) is 0 Å². The number of hydrogen-bond acceptors (Lipinski definition) is 7. The molecule has 3 rings (SSSR count). The molecule has 0 radical (unpaired) electrons. The molecule has 7 nitrogen and oxygen atoms in total. The quantitative estimate of drug-likeness (QED) is 0.424. The van der Waals surface area contributed by atoms with Crippen molar-refractivity contribution in [1.29, 1.82) is 0 Å². The summed E-state index contributed by atoms with van der Waals surface area (Å²) in [6.07, 6.45) is 1.31. The van der Waals surface area contributed by atoms with Gasteiger partial charge in [0.05, 0.1) is 28.0 Å². The van der Waals surface area contributed by atoms with Crippen molar-refractivity contribution in [2.75, 3.05) is 28.7 Å². The van der Waals surface area contributed by atoms with Crippen LogP contribution >= 0.6 is 0 Å². The summed E-state index contributed by atoms with van der Waals surface area (Å²) in [5, 5.41) is 0.251. The molecular formula is C15H15N5O2. The standard InChI is InChI=1S/C15H15N5O2/c16-6-3-10(18)12-11(4-6)22-5-8(15(12)21)7-1-2-9(17)14(20)13(7)19/h1-5H,16-20H2. The zero-order valence-corrected chi connectivity index (χ0v) is 11.6. The number of rotatable bonds is 1. The molecule has 0 saturated heterocycles. The van der Waals surface area contributed by atoms with Crippen molar-refractivity contribution in [1.82, 2.24) is 0 Å². The second-order valence-corrected chi connectivity index (χ2v) is 4.99. The summed E-state index contributed by atoms with van der Waals surface area (Å²) >= 11 is 0. The second-order valence-electron chi connectivity index (χ2n) is 4.99. The van der Waals surface area contributed by atoms with Crippen molar-refractivity contribution in [2.24, 2.45) is 0 Å². The maximum Gasteiger partial charge on any atom is 0.202 e. The summed E-state index contributed by atoms with van der Waals surface area (Å²) in [7, 11) is 0. The zero-order valence-electron chi connectivity index (χ0n) is 11.6. The van der Waals surface area contributed by atoms with Crippen LogP contribution in [-0.2, 0) is 0 Å². The highest BCUT2D eigenvalue weighted by molar-refractivity contribution is 5.96. The summed E-state index contributed by atoms with van der Waals surface area (Å²) in [5.74, 6) is 0. The average Bonchev–Trinajstić information content (AvgIpc) is 2.45. The molecule has 3 aromatic rings. The van der Waals surface area contributed by atoms with Gasteiger partial charge in [0.2, 0.25) is 5.43 Å². The highest BCUT2D eigenvalue weighted by atomic mass is 16.3. The fourth-order valence-electron chi connectivity index (χ4n) is 2.38. The molecule has 7 heteroatoms. The smallest absolute Gasteiger partial charge is 0.202 e.